The number of benzene rings is 1. The van der Waals surface area contributed by atoms with Gasteiger partial charge in [-0.05, 0) is 0 Å². The van der Waals surface area contributed by atoms with Gasteiger partial charge in [-0.1, -0.05) is 30.3 Å². The summed E-state index contributed by atoms with van der Waals surface area (Å²) in [6.07, 6.45) is -0.106. The van der Waals surface area contributed by atoms with Crippen LogP contribution in [0.2, 0.25) is 0 Å². The Morgan fingerprint density at radius 1 is 1.11 bits per heavy atom. The van der Waals surface area contributed by atoms with Crippen LogP contribution in [0.3, 0.4) is 0 Å². The first-order chi connectivity index (χ1) is 13.1. The fourth-order valence-corrected chi connectivity index (χ4v) is 3.09. The summed E-state index contributed by atoms with van der Waals surface area (Å²) in [5, 5.41) is 39.8. The zero-order valence-corrected chi connectivity index (χ0v) is 14.1. The van der Waals surface area contributed by atoms with Crippen LogP contribution in [0.25, 0.3) is 23.0 Å². The molecular weight excluding hydrogens is 352 g/mol. The van der Waals surface area contributed by atoms with Crippen LogP contribution in [0, 0.1) is 0 Å². The van der Waals surface area contributed by atoms with Crippen molar-refractivity contribution >= 4 is 23.0 Å². The van der Waals surface area contributed by atoms with Gasteiger partial charge in [0.2, 0.25) is 0 Å². The van der Waals surface area contributed by atoms with Crippen molar-refractivity contribution in [1.29, 1.82) is 0 Å². The van der Waals surface area contributed by atoms with Crippen LogP contribution in [0.1, 0.15) is 17.5 Å². The molecule has 1 aliphatic heterocycles. The van der Waals surface area contributed by atoms with E-state index in [9.17, 15) is 20.4 Å². The first-order valence-electron chi connectivity index (χ1n) is 8.36. The van der Waals surface area contributed by atoms with Gasteiger partial charge in [-0.25, -0.2) is 15.0 Å². The second-order valence-electron chi connectivity index (χ2n) is 6.21. The first kappa shape index (κ1) is 17.6. The third-order valence-electron chi connectivity index (χ3n) is 4.52. The molecule has 9 heteroatoms. The van der Waals surface area contributed by atoms with Gasteiger partial charge in [-0.3, -0.25) is 4.57 Å². The molecule has 3 aromatic rings. The monoisotopic (exact) mass is 370 g/mol. The average molecular weight is 370 g/mol. The minimum absolute atomic E-state index is 0.0260. The molecule has 1 fully saturated rings. The second kappa shape index (κ2) is 7.05. The molecule has 1 aliphatic rings. The Labute approximate surface area is 153 Å². The maximum Gasteiger partial charge on any atom is 0.166 e. The molecule has 0 radical (unpaired) electrons. The number of rotatable bonds is 4. The van der Waals surface area contributed by atoms with Gasteiger partial charge < -0.3 is 25.2 Å². The van der Waals surface area contributed by atoms with Crippen molar-refractivity contribution in [2.24, 2.45) is 0 Å². The molecule has 4 rings (SSSR count). The summed E-state index contributed by atoms with van der Waals surface area (Å²) >= 11 is 0. The van der Waals surface area contributed by atoms with Crippen LogP contribution >= 0.6 is 0 Å². The number of hydrogen-bond donors (Lipinski definition) is 4. The lowest BCUT2D eigenvalue weighted by Gasteiger charge is -2.16. The summed E-state index contributed by atoms with van der Waals surface area (Å²) in [7, 11) is 0. The Hall–Kier alpha value is -2.85. The predicted molar refractivity (Wildman–Crippen MR) is 95.3 cm³/mol. The highest BCUT2D eigenvalue weighted by Gasteiger charge is 2.43. The quantitative estimate of drug-likeness (QED) is 0.488. The molecule has 9 nitrogen and oxygen atoms in total. The second-order valence-corrected chi connectivity index (χ2v) is 6.21. The Morgan fingerprint density at radius 3 is 2.59 bits per heavy atom. The number of ether oxygens (including phenoxy) is 1. The number of imidazole rings is 1. The highest BCUT2D eigenvalue weighted by molar-refractivity contribution is 5.86. The summed E-state index contributed by atoms with van der Waals surface area (Å²) in [6.45, 7) is -0.421. The number of aromatic nitrogens is 4. The van der Waals surface area contributed by atoms with Gasteiger partial charge in [0.1, 0.15) is 35.9 Å². The van der Waals surface area contributed by atoms with Crippen LogP contribution in [-0.4, -0.2) is 64.9 Å². The zero-order chi connectivity index (χ0) is 19.0. The van der Waals surface area contributed by atoms with E-state index in [0.29, 0.717) is 22.4 Å². The van der Waals surface area contributed by atoms with E-state index >= 15 is 0 Å². The van der Waals surface area contributed by atoms with Crippen LogP contribution < -0.4 is 0 Å². The molecular formula is C18H18N4O5. The van der Waals surface area contributed by atoms with Crippen molar-refractivity contribution in [2.75, 3.05) is 6.61 Å². The van der Waals surface area contributed by atoms with Crippen molar-refractivity contribution in [3.05, 3.63) is 54.2 Å². The summed E-state index contributed by atoms with van der Waals surface area (Å²) in [6, 6.07) is 9.00. The highest BCUT2D eigenvalue weighted by Crippen LogP contribution is 2.31. The maximum atomic E-state index is 10.3. The van der Waals surface area contributed by atoms with Crippen molar-refractivity contribution < 1.29 is 25.2 Å². The lowest BCUT2D eigenvalue weighted by atomic mass is 10.1. The molecule has 0 amide bonds. The fourth-order valence-electron chi connectivity index (χ4n) is 3.09. The van der Waals surface area contributed by atoms with Crippen LogP contribution in [0.5, 0.6) is 0 Å². The highest BCUT2D eigenvalue weighted by atomic mass is 16.6. The minimum Gasteiger partial charge on any atom is -0.507 e. The van der Waals surface area contributed by atoms with E-state index in [2.05, 4.69) is 15.0 Å². The molecule has 3 heterocycles. The van der Waals surface area contributed by atoms with E-state index < -0.39 is 31.1 Å². The first-order valence-corrected chi connectivity index (χ1v) is 8.36. The van der Waals surface area contributed by atoms with Crippen molar-refractivity contribution in [1.82, 2.24) is 19.5 Å². The Balaban J connectivity index is 1.73. The lowest BCUT2D eigenvalue weighted by Crippen LogP contribution is -2.33. The molecule has 4 unspecified atom stereocenters. The van der Waals surface area contributed by atoms with Gasteiger partial charge in [0.25, 0.3) is 0 Å². The number of aliphatic hydroxyl groups excluding tert-OH is 4. The molecule has 4 atom stereocenters. The number of fused-ring (bicyclic) bond motifs is 1. The standard InChI is InChI=1S/C18H18N4O5/c23-7-13-15(25)16(26)18(27-13)22-9-21-14-11(19-8-20-17(14)22)6-12(24)10-4-2-1-3-5-10/h1-6,8-9,13,15-16,18,23-26H,7H2/b12-6-. The molecule has 4 N–H and O–H groups in total. The van der Waals surface area contributed by atoms with E-state index in [1.165, 1.54) is 23.3 Å². The van der Waals surface area contributed by atoms with E-state index in [0.717, 1.165) is 0 Å². The number of nitrogens with zero attached hydrogens (tertiary/aromatic N) is 4. The molecule has 1 saturated heterocycles. The Morgan fingerprint density at radius 2 is 1.89 bits per heavy atom. The average Bonchev–Trinajstić information content (AvgIpc) is 3.25. The third-order valence-corrected chi connectivity index (χ3v) is 4.52. The molecule has 0 aliphatic carbocycles. The smallest absolute Gasteiger partial charge is 0.166 e. The van der Waals surface area contributed by atoms with E-state index in [-0.39, 0.29) is 5.76 Å². The van der Waals surface area contributed by atoms with Crippen molar-refractivity contribution in [3.63, 3.8) is 0 Å². The normalized spacial score (nSPS) is 26.0. The van der Waals surface area contributed by atoms with Gasteiger partial charge >= 0.3 is 0 Å². The number of hydrogen-bond acceptors (Lipinski definition) is 8. The topological polar surface area (TPSA) is 134 Å². The summed E-state index contributed by atoms with van der Waals surface area (Å²) in [4.78, 5) is 12.6. The largest absolute Gasteiger partial charge is 0.507 e. The van der Waals surface area contributed by atoms with Gasteiger partial charge in [0.15, 0.2) is 11.9 Å². The Bertz CT molecular complexity index is 974. The van der Waals surface area contributed by atoms with Gasteiger partial charge in [-0.15, -0.1) is 0 Å². The summed E-state index contributed by atoms with van der Waals surface area (Å²) < 4.78 is 7.00. The summed E-state index contributed by atoms with van der Waals surface area (Å²) in [5.41, 5.74) is 1.80. The van der Waals surface area contributed by atoms with Crippen LogP contribution in [0.4, 0.5) is 0 Å². The van der Waals surface area contributed by atoms with Gasteiger partial charge in [0, 0.05) is 11.6 Å². The molecule has 140 valence electrons. The Kier molecular flexibility index (Phi) is 4.58. The maximum absolute atomic E-state index is 10.3. The van der Waals surface area contributed by atoms with E-state index in [1.807, 2.05) is 18.2 Å². The molecule has 0 saturated carbocycles. The third kappa shape index (κ3) is 3.06. The van der Waals surface area contributed by atoms with Crippen molar-refractivity contribution in [3.8, 4) is 0 Å². The lowest BCUT2D eigenvalue weighted by molar-refractivity contribution is -0.0511. The number of aliphatic hydroxyl groups is 4. The molecule has 1 aromatic carbocycles. The summed E-state index contributed by atoms with van der Waals surface area (Å²) in [5.74, 6) is 0.0260. The zero-order valence-electron chi connectivity index (χ0n) is 14.1. The van der Waals surface area contributed by atoms with Crippen LogP contribution in [-0.2, 0) is 4.74 Å². The SMILES string of the molecule is OCC1OC(n2cnc3c(/C=C(\O)c4ccccc4)ncnc32)C(O)C1O. The van der Waals surface area contributed by atoms with Gasteiger partial charge in [-0.2, -0.15) is 0 Å². The van der Waals surface area contributed by atoms with E-state index in [1.54, 1.807) is 12.1 Å². The fraction of sp³-hybridized carbons (Fsp3) is 0.278. The van der Waals surface area contributed by atoms with Crippen LogP contribution in [0.15, 0.2) is 43.0 Å². The molecule has 0 spiro atoms. The van der Waals surface area contributed by atoms with E-state index in [4.69, 9.17) is 4.74 Å². The molecule has 0 bridgehead atoms. The van der Waals surface area contributed by atoms with Crippen molar-refractivity contribution in [2.45, 2.75) is 24.5 Å². The minimum atomic E-state index is -1.24. The molecule has 27 heavy (non-hydrogen) atoms. The predicted octanol–water partition coefficient (Wildman–Crippen LogP) is 0.494. The van der Waals surface area contributed by atoms with Gasteiger partial charge in [0.05, 0.1) is 18.6 Å². The molecule has 2 aromatic heterocycles.